The van der Waals surface area contributed by atoms with Crippen LogP contribution in [0.5, 0.6) is 11.6 Å². The van der Waals surface area contributed by atoms with Crippen molar-refractivity contribution in [3.8, 4) is 11.6 Å². The molecule has 2 aromatic rings. The van der Waals surface area contributed by atoms with E-state index < -0.39 is 0 Å². The molecule has 22 heavy (non-hydrogen) atoms. The summed E-state index contributed by atoms with van der Waals surface area (Å²) < 4.78 is 10.2. The maximum Gasteiger partial charge on any atom is 0.315 e. The highest BCUT2D eigenvalue weighted by molar-refractivity contribution is 5.73. The number of methoxy groups -OCH3 is 2. The molecule has 0 unspecified atom stereocenters. The lowest BCUT2D eigenvalue weighted by Crippen LogP contribution is -2.34. The van der Waals surface area contributed by atoms with Crippen molar-refractivity contribution in [2.24, 2.45) is 0 Å². The summed E-state index contributed by atoms with van der Waals surface area (Å²) in [6, 6.07) is 10.9. The minimum Gasteiger partial charge on any atom is -0.496 e. The zero-order valence-corrected chi connectivity index (χ0v) is 12.6. The van der Waals surface area contributed by atoms with E-state index in [0.29, 0.717) is 19.0 Å². The van der Waals surface area contributed by atoms with E-state index in [1.807, 2.05) is 30.3 Å². The first-order valence-electron chi connectivity index (χ1n) is 6.85. The van der Waals surface area contributed by atoms with Crippen LogP contribution in [0.1, 0.15) is 11.1 Å². The average molecular weight is 301 g/mol. The van der Waals surface area contributed by atoms with Crippen molar-refractivity contribution in [2.75, 3.05) is 14.2 Å². The number of nitrogens with one attached hydrogen (secondary N) is 2. The maximum atomic E-state index is 11.8. The summed E-state index contributed by atoms with van der Waals surface area (Å²) in [7, 11) is 3.17. The van der Waals surface area contributed by atoms with Crippen LogP contribution in [0.25, 0.3) is 0 Å². The van der Waals surface area contributed by atoms with Crippen molar-refractivity contribution < 1.29 is 14.3 Å². The molecule has 0 aliphatic carbocycles. The zero-order chi connectivity index (χ0) is 15.8. The molecule has 0 bridgehead atoms. The van der Waals surface area contributed by atoms with E-state index in [4.69, 9.17) is 9.47 Å². The molecule has 1 heterocycles. The average Bonchev–Trinajstić information content (AvgIpc) is 2.58. The third kappa shape index (κ3) is 4.37. The second-order valence-electron chi connectivity index (χ2n) is 4.56. The molecule has 2 N–H and O–H groups in total. The Morgan fingerprint density at radius 2 is 1.82 bits per heavy atom. The molecule has 0 saturated carbocycles. The fraction of sp³-hybridized carbons (Fsp3) is 0.250. The summed E-state index contributed by atoms with van der Waals surface area (Å²) in [6.45, 7) is 0.797. The van der Waals surface area contributed by atoms with Crippen LogP contribution >= 0.6 is 0 Å². The molecule has 0 radical (unpaired) electrons. The van der Waals surface area contributed by atoms with Gasteiger partial charge in [-0.15, -0.1) is 0 Å². The summed E-state index contributed by atoms with van der Waals surface area (Å²) in [5, 5.41) is 5.56. The van der Waals surface area contributed by atoms with Gasteiger partial charge in [-0.1, -0.05) is 24.3 Å². The van der Waals surface area contributed by atoms with Crippen LogP contribution in [-0.2, 0) is 13.1 Å². The minimum atomic E-state index is -0.248. The third-order valence-electron chi connectivity index (χ3n) is 3.09. The summed E-state index contributed by atoms with van der Waals surface area (Å²) in [5.74, 6) is 1.30. The molecule has 6 heteroatoms. The van der Waals surface area contributed by atoms with Gasteiger partial charge in [0.05, 0.1) is 14.2 Å². The van der Waals surface area contributed by atoms with E-state index in [2.05, 4.69) is 15.6 Å². The number of ether oxygens (including phenoxy) is 2. The van der Waals surface area contributed by atoms with E-state index in [1.165, 1.54) is 0 Å². The summed E-state index contributed by atoms with van der Waals surface area (Å²) in [6.07, 6.45) is 1.67. The third-order valence-corrected chi connectivity index (χ3v) is 3.09. The van der Waals surface area contributed by atoms with Gasteiger partial charge in [0.2, 0.25) is 5.88 Å². The molecule has 0 spiro atoms. The molecule has 0 saturated heterocycles. The van der Waals surface area contributed by atoms with Crippen LogP contribution in [0.2, 0.25) is 0 Å². The maximum absolute atomic E-state index is 11.8. The molecule has 116 valence electrons. The Kier molecular flexibility index (Phi) is 5.59. The van der Waals surface area contributed by atoms with Gasteiger partial charge in [0.25, 0.3) is 0 Å². The minimum absolute atomic E-state index is 0.248. The van der Waals surface area contributed by atoms with Crippen molar-refractivity contribution in [2.45, 2.75) is 13.1 Å². The highest BCUT2D eigenvalue weighted by Gasteiger charge is 2.05. The first-order valence-corrected chi connectivity index (χ1v) is 6.85. The van der Waals surface area contributed by atoms with Gasteiger partial charge in [0.15, 0.2) is 0 Å². The molecule has 0 fully saturated rings. The Balaban J connectivity index is 1.80. The number of carbonyl (C=O) groups is 1. The molecule has 6 nitrogen and oxygen atoms in total. The molecule has 1 aromatic heterocycles. The van der Waals surface area contributed by atoms with Gasteiger partial charge in [-0.2, -0.15) is 0 Å². The number of urea groups is 1. The topological polar surface area (TPSA) is 72.5 Å². The van der Waals surface area contributed by atoms with Gasteiger partial charge >= 0.3 is 6.03 Å². The number of benzene rings is 1. The summed E-state index contributed by atoms with van der Waals surface area (Å²) in [4.78, 5) is 15.9. The van der Waals surface area contributed by atoms with Crippen molar-refractivity contribution in [1.29, 1.82) is 0 Å². The molecule has 2 amide bonds. The van der Waals surface area contributed by atoms with E-state index in [9.17, 15) is 4.79 Å². The lowest BCUT2D eigenvalue weighted by atomic mass is 10.2. The highest BCUT2D eigenvalue weighted by Crippen LogP contribution is 2.16. The summed E-state index contributed by atoms with van der Waals surface area (Å²) in [5.41, 5.74) is 1.82. The van der Waals surface area contributed by atoms with Gasteiger partial charge in [-0.05, 0) is 11.6 Å². The van der Waals surface area contributed by atoms with Crippen molar-refractivity contribution in [1.82, 2.24) is 15.6 Å². The molecular formula is C16H19N3O3. The van der Waals surface area contributed by atoms with Gasteiger partial charge in [-0.25, -0.2) is 9.78 Å². The normalized spacial score (nSPS) is 9.91. The first kappa shape index (κ1) is 15.6. The highest BCUT2D eigenvalue weighted by atomic mass is 16.5. The predicted octanol–water partition coefficient (Wildman–Crippen LogP) is 2.10. The van der Waals surface area contributed by atoms with Gasteiger partial charge in [-0.3, -0.25) is 0 Å². The molecule has 0 aliphatic heterocycles. The van der Waals surface area contributed by atoms with E-state index in [-0.39, 0.29) is 6.03 Å². The summed E-state index contributed by atoms with van der Waals surface area (Å²) >= 11 is 0. The number of para-hydroxylation sites is 1. The Morgan fingerprint density at radius 1 is 1.05 bits per heavy atom. The molecule has 0 atom stereocenters. The molecular weight excluding hydrogens is 282 g/mol. The van der Waals surface area contributed by atoms with Gasteiger partial charge in [0.1, 0.15) is 5.75 Å². The second kappa shape index (κ2) is 7.87. The monoisotopic (exact) mass is 301 g/mol. The zero-order valence-electron chi connectivity index (χ0n) is 12.6. The van der Waals surface area contributed by atoms with Crippen molar-refractivity contribution in [3.63, 3.8) is 0 Å². The Labute approximate surface area is 129 Å². The first-order chi connectivity index (χ1) is 10.7. The van der Waals surface area contributed by atoms with Crippen LogP contribution in [0.4, 0.5) is 4.79 Å². The largest absolute Gasteiger partial charge is 0.496 e. The number of aromatic nitrogens is 1. The number of hydrogen-bond acceptors (Lipinski definition) is 4. The molecule has 0 aliphatic rings. The number of carbonyl (C=O) groups excluding carboxylic acids is 1. The number of nitrogens with zero attached hydrogens (tertiary/aromatic N) is 1. The Morgan fingerprint density at radius 3 is 2.50 bits per heavy atom. The van der Waals surface area contributed by atoms with Crippen molar-refractivity contribution >= 4 is 6.03 Å². The lowest BCUT2D eigenvalue weighted by molar-refractivity contribution is 0.240. The quantitative estimate of drug-likeness (QED) is 0.857. The fourth-order valence-corrected chi connectivity index (χ4v) is 1.91. The number of hydrogen-bond donors (Lipinski definition) is 2. The van der Waals surface area contributed by atoms with Crippen molar-refractivity contribution in [3.05, 3.63) is 53.7 Å². The van der Waals surface area contributed by atoms with Crippen LogP contribution in [-0.4, -0.2) is 25.2 Å². The predicted molar refractivity (Wildman–Crippen MR) is 82.9 cm³/mol. The number of amides is 2. The van der Waals surface area contributed by atoms with E-state index in [1.54, 1.807) is 26.5 Å². The van der Waals surface area contributed by atoms with Crippen LogP contribution < -0.4 is 20.1 Å². The Hall–Kier alpha value is -2.76. The van der Waals surface area contributed by atoms with Crippen LogP contribution in [0, 0.1) is 0 Å². The second-order valence-corrected chi connectivity index (χ2v) is 4.56. The SMILES string of the molecule is COc1ccc(CNC(=O)NCc2ccccc2OC)cn1. The molecule has 2 rings (SSSR count). The Bertz CT molecular complexity index is 614. The standard InChI is InChI=1S/C16H19N3O3/c1-21-14-6-4-3-5-13(14)11-19-16(20)18-10-12-7-8-15(22-2)17-9-12/h3-9H,10-11H2,1-2H3,(H2,18,19,20). The smallest absolute Gasteiger partial charge is 0.315 e. The lowest BCUT2D eigenvalue weighted by Gasteiger charge is -2.10. The van der Waals surface area contributed by atoms with E-state index in [0.717, 1.165) is 16.9 Å². The molecule has 1 aromatic carbocycles. The van der Waals surface area contributed by atoms with Crippen LogP contribution in [0.3, 0.4) is 0 Å². The number of rotatable bonds is 6. The number of pyridine rings is 1. The van der Waals surface area contributed by atoms with E-state index >= 15 is 0 Å². The fourth-order valence-electron chi connectivity index (χ4n) is 1.91. The van der Waals surface area contributed by atoms with Crippen LogP contribution in [0.15, 0.2) is 42.6 Å². The van der Waals surface area contributed by atoms with Gasteiger partial charge < -0.3 is 20.1 Å². The van der Waals surface area contributed by atoms with Gasteiger partial charge in [0, 0.05) is 30.9 Å².